The second-order valence-corrected chi connectivity index (χ2v) is 10.8. The Morgan fingerprint density at radius 3 is 1.91 bits per heavy atom. The van der Waals surface area contributed by atoms with Crippen molar-refractivity contribution in [2.45, 2.75) is 12.7 Å². The number of carboxylic acids is 2. The molecule has 0 aromatic heterocycles. The Bertz CT molecular complexity index is 961. The summed E-state index contributed by atoms with van der Waals surface area (Å²) in [5, 5.41) is 31.9. The van der Waals surface area contributed by atoms with Crippen LogP contribution < -0.4 is 5.32 Å². The lowest BCUT2D eigenvalue weighted by Crippen LogP contribution is -2.49. The largest absolute Gasteiger partial charge is 0.480 e. The zero-order valence-electron chi connectivity index (χ0n) is 24.2. The van der Waals surface area contributed by atoms with Gasteiger partial charge >= 0.3 is 26.3 Å². The van der Waals surface area contributed by atoms with Crippen LogP contribution in [0.2, 0.25) is 0 Å². The predicted molar refractivity (Wildman–Crippen MR) is 155 cm³/mol. The highest BCUT2D eigenvalue weighted by atomic mass is 31.1. The van der Waals surface area contributed by atoms with Crippen molar-refractivity contribution in [3.05, 3.63) is 35.9 Å². The average molecular weight is 634 g/mol. The van der Waals surface area contributed by atoms with E-state index in [1.807, 2.05) is 35.2 Å². The Morgan fingerprint density at radius 1 is 0.837 bits per heavy atom. The Kier molecular flexibility index (Phi) is 17.9. The molecule has 0 bridgehead atoms. The summed E-state index contributed by atoms with van der Waals surface area (Å²) in [4.78, 5) is 51.0. The van der Waals surface area contributed by atoms with Crippen LogP contribution >= 0.6 is 8.25 Å². The van der Waals surface area contributed by atoms with Crippen LogP contribution in [0.4, 0.5) is 4.79 Å². The first-order valence-corrected chi connectivity index (χ1v) is 15.3. The molecule has 5 N–H and O–H groups in total. The summed E-state index contributed by atoms with van der Waals surface area (Å²) < 4.78 is 26.5. The van der Waals surface area contributed by atoms with Crippen molar-refractivity contribution in [3.63, 3.8) is 0 Å². The van der Waals surface area contributed by atoms with Crippen molar-refractivity contribution < 1.29 is 53.2 Å². The van der Waals surface area contributed by atoms with Gasteiger partial charge in [0.15, 0.2) is 0 Å². The molecule has 1 aromatic carbocycles. The standard InChI is InChI=1S/C26H44N5O11P/c32-23(16-27-26(37)41-15-14-40-20-22-4-2-1-3-5-22)17-28-6-8-29(18-24(33)34)10-12-31(21-42-43(38)39)13-11-30(9-7-28)19-25(35)36/h1-5,23,32,43H,6-21H2,(H,27,37)(H,33,34)(H,35,36)(H,38,39). The first kappa shape index (κ1) is 36.5. The van der Waals surface area contributed by atoms with Gasteiger partial charge in [-0.2, -0.15) is 0 Å². The van der Waals surface area contributed by atoms with E-state index in [1.165, 1.54) is 0 Å². The fourth-order valence-electron chi connectivity index (χ4n) is 4.31. The number of β-amino-alcohol motifs (C(OH)–C–C–N with tert-alkyl or cyclic N) is 1. The third-order valence-electron chi connectivity index (χ3n) is 6.54. The quantitative estimate of drug-likeness (QED) is 0.110. The summed E-state index contributed by atoms with van der Waals surface area (Å²) in [7, 11) is -3.17. The van der Waals surface area contributed by atoms with Crippen molar-refractivity contribution in [2.75, 3.05) is 98.5 Å². The number of nitrogens with one attached hydrogen (secondary N) is 1. The van der Waals surface area contributed by atoms with Crippen LogP contribution in [0, 0.1) is 0 Å². The molecular weight excluding hydrogens is 589 g/mol. The van der Waals surface area contributed by atoms with Gasteiger partial charge in [-0.1, -0.05) is 30.3 Å². The molecule has 16 nitrogen and oxygen atoms in total. The van der Waals surface area contributed by atoms with Crippen LogP contribution in [0.3, 0.4) is 0 Å². The third-order valence-corrected chi connectivity index (χ3v) is 6.92. The molecule has 1 aliphatic heterocycles. The molecule has 2 unspecified atom stereocenters. The van der Waals surface area contributed by atoms with E-state index < -0.39 is 32.4 Å². The number of hydrogen-bond acceptors (Lipinski definition) is 12. The van der Waals surface area contributed by atoms with Gasteiger partial charge in [0.1, 0.15) is 13.3 Å². The Balaban J connectivity index is 1.87. The van der Waals surface area contributed by atoms with Gasteiger partial charge in [0.2, 0.25) is 0 Å². The molecule has 17 heteroatoms. The SMILES string of the molecule is O=C(O)CN1CCN(CO[PH](=O)O)CCN(CC(=O)O)CCN(CC(O)CNC(=O)OCCOCc2ccccc2)CC1. The number of carbonyl (C=O) groups is 3. The van der Waals surface area contributed by atoms with Gasteiger partial charge in [-0.15, -0.1) is 0 Å². The highest BCUT2D eigenvalue weighted by Gasteiger charge is 2.21. The molecule has 0 saturated carbocycles. The number of hydrogen-bond donors (Lipinski definition) is 5. The van der Waals surface area contributed by atoms with Gasteiger partial charge in [-0.3, -0.25) is 38.3 Å². The van der Waals surface area contributed by atoms with E-state index in [1.54, 1.807) is 14.7 Å². The molecule has 2 rings (SSSR count). The van der Waals surface area contributed by atoms with E-state index in [4.69, 9.17) is 18.9 Å². The maximum absolute atomic E-state index is 12.0. The second kappa shape index (κ2) is 21.1. The zero-order chi connectivity index (χ0) is 31.5. The number of benzene rings is 1. The van der Waals surface area contributed by atoms with Gasteiger partial charge in [0.25, 0.3) is 0 Å². The van der Waals surface area contributed by atoms with Gasteiger partial charge in [0.05, 0.1) is 32.4 Å². The van der Waals surface area contributed by atoms with Crippen LogP contribution in [0.25, 0.3) is 0 Å². The molecule has 1 fully saturated rings. The van der Waals surface area contributed by atoms with Gasteiger partial charge in [0, 0.05) is 65.4 Å². The molecule has 1 aromatic rings. The summed E-state index contributed by atoms with van der Waals surface area (Å²) in [6.07, 6.45) is -1.67. The number of carboxylic acid groups (broad SMARTS) is 2. The monoisotopic (exact) mass is 633 g/mol. The Morgan fingerprint density at radius 2 is 1.37 bits per heavy atom. The van der Waals surface area contributed by atoms with Crippen molar-refractivity contribution in [1.82, 2.24) is 24.9 Å². The number of nitrogens with zero attached hydrogens (tertiary/aromatic N) is 4. The molecular formula is C26H44N5O11P. The summed E-state index contributed by atoms with van der Waals surface area (Å²) in [6.45, 7) is 2.82. The van der Waals surface area contributed by atoms with Crippen LogP contribution in [-0.2, 0) is 34.8 Å². The highest BCUT2D eigenvalue weighted by molar-refractivity contribution is 7.32. The molecule has 43 heavy (non-hydrogen) atoms. The molecule has 244 valence electrons. The molecule has 1 saturated heterocycles. The normalized spacial score (nSPS) is 18.2. The van der Waals surface area contributed by atoms with E-state index in [0.717, 1.165) is 5.56 Å². The molecule has 1 aliphatic rings. The zero-order valence-corrected chi connectivity index (χ0v) is 25.2. The minimum Gasteiger partial charge on any atom is -0.480 e. The maximum atomic E-state index is 12.0. The topological polar surface area (TPSA) is 202 Å². The number of aliphatic hydroxyl groups excluding tert-OH is 1. The predicted octanol–water partition coefficient (Wildman–Crippen LogP) is -0.963. The Hall–Kier alpha value is -2.66. The molecule has 1 amide bonds. The fraction of sp³-hybridized carbons (Fsp3) is 0.654. The minimum atomic E-state index is -3.17. The summed E-state index contributed by atoms with van der Waals surface area (Å²) >= 11 is 0. The van der Waals surface area contributed by atoms with Crippen LogP contribution in [0.1, 0.15) is 5.56 Å². The maximum Gasteiger partial charge on any atom is 0.407 e. The smallest absolute Gasteiger partial charge is 0.407 e. The summed E-state index contributed by atoms with van der Waals surface area (Å²) in [6, 6.07) is 9.57. The van der Waals surface area contributed by atoms with E-state index in [0.29, 0.717) is 59.0 Å². The van der Waals surface area contributed by atoms with Gasteiger partial charge < -0.3 is 35.0 Å². The molecule has 2 atom stereocenters. The lowest BCUT2D eigenvalue weighted by molar-refractivity contribution is -0.139. The highest BCUT2D eigenvalue weighted by Crippen LogP contribution is 2.15. The lowest BCUT2D eigenvalue weighted by atomic mass is 10.2. The molecule has 1 heterocycles. The van der Waals surface area contributed by atoms with E-state index in [9.17, 15) is 34.3 Å². The van der Waals surface area contributed by atoms with Crippen LogP contribution in [-0.4, -0.2) is 162 Å². The lowest BCUT2D eigenvalue weighted by Gasteiger charge is -2.33. The fourth-order valence-corrected chi connectivity index (χ4v) is 4.60. The number of amides is 1. The number of carbonyl (C=O) groups excluding carboxylic acids is 1. The summed E-state index contributed by atoms with van der Waals surface area (Å²) in [5.41, 5.74) is 1.00. The van der Waals surface area contributed by atoms with E-state index in [-0.39, 0.29) is 46.1 Å². The number of aliphatic carboxylic acids is 2. The Labute approximate surface area is 251 Å². The van der Waals surface area contributed by atoms with Crippen molar-refractivity contribution >= 4 is 26.3 Å². The van der Waals surface area contributed by atoms with Crippen LogP contribution in [0.5, 0.6) is 0 Å². The van der Waals surface area contributed by atoms with Crippen molar-refractivity contribution in [2.24, 2.45) is 0 Å². The number of alkyl carbamates (subject to hydrolysis) is 1. The summed E-state index contributed by atoms with van der Waals surface area (Å²) in [5.74, 6) is -2.02. The first-order valence-electron chi connectivity index (χ1n) is 14.0. The number of rotatable bonds is 16. The number of aliphatic hydroxyl groups is 1. The van der Waals surface area contributed by atoms with Gasteiger partial charge in [-0.05, 0) is 5.56 Å². The molecule has 0 radical (unpaired) electrons. The van der Waals surface area contributed by atoms with Crippen LogP contribution in [0.15, 0.2) is 30.3 Å². The van der Waals surface area contributed by atoms with E-state index in [2.05, 4.69) is 5.32 Å². The minimum absolute atomic E-state index is 0.0438. The second-order valence-electron chi connectivity index (χ2n) is 10.0. The average Bonchev–Trinajstić information content (AvgIpc) is 2.95. The molecule has 0 spiro atoms. The first-order chi connectivity index (χ1) is 20.6. The van der Waals surface area contributed by atoms with E-state index >= 15 is 0 Å². The third kappa shape index (κ3) is 17.9. The van der Waals surface area contributed by atoms with Crippen molar-refractivity contribution in [3.8, 4) is 0 Å². The van der Waals surface area contributed by atoms with Gasteiger partial charge in [-0.25, -0.2) is 4.79 Å². The molecule has 0 aliphatic carbocycles. The number of ether oxygens (including phenoxy) is 2. The van der Waals surface area contributed by atoms with Crippen molar-refractivity contribution in [1.29, 1.82) is 0 Å².